The number of aromatic amines is 1. The quantitative estimate of drug-likeness (QED) is 0.645. The van der Waals surface area contributed by atoms with Gasteiger partial charge in [0.15, 0.2) is 0 Å². The van der Waals surface area contributed by atoms with Crippen molar-refractivity contribution >= 4 is 11.4 Å². The van der Waals surface area contributed by atoms with Gasteiger partial charge in [-0.25, -0.2) is 8.78 Å². The van der Waals surface area contributed by atoms with E-state index in [2.05, 4.69) is 4.98 Å². The Hall–Kier alpha value is -1.99. The summed E-state index contributed by atoms with van der Waals surface area (Å²) in [6.07, 6.45) is 0.547. The summed E-state index contributed by atoms with van der Waals surface area (Å²) in [4.78, 5) is 25.1. The zero-order valence-electron chi connectivity index (χ0n) is 9.36. The number of nitro groups is 1. The normalized spacial score (nSPS) is 18.7. The fourth-order valence-electron chi connectivity index (χ4n) is 1.97. The number of piperidine rings is 1. The van der Waals surface area contributed by atoms with E-state index < -0.39 is 22.1 Å². The standard InChI is InChI=1S/C10H11F2N3O3/c11-10(12)2-5-14(6-3-10)7-1-4-13-9(16)8(7)15(17)18/h1,4H,2-3,5-6H2,(H,13,16). The number of nitrogens with zero attached hydrogens (tertiary/aromatic N) is 2. The number of rotatable bonds is 2. The van der Waals surface area contributed by atoms with Crippen LogP contribution in [0.5, 0.6) is 0 Å². The third-order valence-corrected chi connectivity index (χ3v) is 2.93. The Bertz CT molecular complexity index is 519. The van der Waals surface area contributed by atoms with Gasteiger partial charge in [-0.15, -0.1) is 0 Å². The van der Waals surface area contributed by atoms with Crippen molar-refractivity contribution in [3.05, 3.63) is 32.7 Å². The van der Waals surface area contributed by atoms with Crippen molar-refractivity contribution in [3.63, 3.8) is 0 Å². The van der Waals surface area contributed by atoms with Crippen molar-refractivity contribution < 1.29 is 13.7 Å². The molecule has 18 heavy (non-hydrogen) atoms. The van der Waals surface area contributed by atoms with Crippen LogP contribution in [-0.2, 0) is 0 Å². The maximum absolute atomic E-state index is 13.0. The zero-order valence-corrected chi connectivity index (χ0v) is 9.36. The molecule has 1 fully saturated rings. The molecule has 0 spiro atoms. The van der Waals surface area contributed by atoms with E-state index in [-0.39, 0.29) is 31.6 Å². The Morgan fingerprint density at radius 1 is 1.39 bits per heavy atom. The van der Waals surface area contributed by atoms with Crippen LogP contribution in [0, 0.1) is 10.1 Å². The summed E-state index contributed by atoms with van der Waals surface area (Å²) in [5, 5.41) is 10.8. The smallest absolute Gasteiger partial charge is 0.356 e. The summed E-state index contributed by atoms with van der Waals surface area (Å²) in [7, 11) is 0. The van der Waals surface area contributed by atoms with Crippen molar-refractivity contribution in [2.45, 2.75) is 18.8 Å². The maximum atomic E-state index is 13.0. The lowest BCUT2D eigenvalue weighted by atomic mass is 10.1. The Morgan fingerprint density at radius 2 is 2.00 bits per heavy atom. The van der Waals surface area contributed by atoms with Crippen LogP contribution in [0.4, 0.5) is 20.2 Å². The van der Waals surface area contributed by atoms with Gasteiger partial charge in [0, 0.05) is 32.1 Å². The SMILES string of the molecule is O=c1[nH]ccc(N2CCC(F)(F)CC2)c1[N+](=O)[O-]. The highest BCUT2D eigenvalue weighted by Gasteiger charge is 2.36. The van der Waals surface area contributed by atoms with E-state index in [0.717, 1.165) is 0 Å². The van der Waals surface area contributed by atoms with Crippen molar-refractivity contribution in [1.82, 2.24) is 4.98 Å². The zero-order chi connectivity index (χ0) is 13.3. The minimum absolute atomic E-state index is 0.00269. The number of halogens is 2. The van der Waals surface area contributed by atoms with Gasteiger partial charge in [-0.3, -0.25) is 14.9 Å². The predicted molar refractivity (Wildman–Crippen MR) is 60.1 cm³/mol. The molecule has 1 aromatic rings. The number of pyridine rings is 1. The second kappa shape index (κ2) is 4.35. The first kappa shape index (κ1) is 12.5. The van der Waals surface area contributed by atoms with Gasteiger partial charge < -0.3 is 9.88 Å². The summed E-state index contributed by atoms with van der Waals surface area (Å²) in [5.74, 6) is -2.73. The first-order valence-electron chi connectivity index (χ1n) is 5.39. The third-order valence-electron chi connectivity index (χ3n) is 2.93. The molecule has 0 unspecified atom stereocenters. The van der Waals surface area contributed by atoms with Crippen molar-refractivity contribution in [2.24, 2.45) is 0 Å². The van der Waals surface area contributed by atoms with Gasteiger partial charge in [-0.2, -0.15) is 0 Å². The summed E-state index contributed by atoms with van der Waals surface area (Å²) < 4.78 is 26.0. The maximum Gasteiger partial charge on any atom is 0.356 e. The van der Waals surface area contributed by atoms with Crippen LogP contribution in [0.15, 0.2) is 17.1 Å². The van der Waals surface area contributed by atoms with E-state index in [9.17, 15) is 23.7 Å². The van der Waals surface area contributed by atoms with Crippen LogP contribution in [0.3, 0.4) is 0 Å². The minimum Gasteiger partial charge on any atom is -0.365 e. The molecule has 1 N–H and O–H groups in total. The Balaban J connectivity index is 2.33. The molecule has 0 aliphatic carbocycles. The molecule has 0 saturated carbocycles. The Morgan fingerprint density at radius 3 is 2.56 bits per heavy atom. The second-order valence-corrected chi connectivity index (χ2v) is 4.14. The first-order valence-corrected chi connectivity index (χ1v) is 5.39. The van der Waals surface area contributed by atoms with Crippen molar-refractivity contribution in [1.29, 1.82) is 0 Å². The molecular formula is C10H11F2N3O3. The Kier molecular flexibility index (Phi) is 3.02. The summed E-state index contributed by atoms with van der Waals surface area (Å²) in [5.41, 5.74) is -1.32. The third kappa shape index (κ3) is 2.31. The molecule has 0 amide bonds. The topological polar surface area (TPSA) is 79.2 Å². The van der Waals surface area contributed by atoms with Crippen LogP contribution < -0.4 is 10.5 Å². The number of hydrogen-bond acceptors (Lipinski definition) is 4. The molecule has 0 radical (unpaired) electrons. The lowest BCUT2D eigenvalue weighted by molar-refractivity contribution is -0.385. The summed E-state index contributed by atoms with van der Waals surface area (Å²) >= 11 is 0. The fraction of sp³-hybridized carbons (Fsp3) is 0.500. The minimum atomic E-state index is -2.73. The number of alkyl halides is 2. The van der Waals surface area contributed by atoms with Crippen LogP contribution in [0.25, 0.3) is 0 Å². The predicted octanol–water partition coefficient (Wildman–Crippen LogP) is 1.52. The molecule has 1 aliphatic rings. The van der Waals surface area contributed by atoms with Crippen LogP contribution in [-0.4, -0.2) is 28.9 Å². The number of aromatic nitrogens is 1. The number of H-pyrrole nitrogens is 1. The summed E-state index contributed by atoms with van der Waals surface area (Å²) in [6, 6.07) is 1.36. The molecule has 2 rings (SSSR count). The molecule has 1 aromatic heterocycles. The van der Waals surface area contributed by atoms with Gasteiger partial charge in [0.2, 0.25) is 0 Å². The van der Waals surface area contributed by atoms with E-state index in [1.807, 2.05) is 0 Å². The first-order chi connectivity index (χ1) is 8.41. The molecule has 0 aromatic carbocycles. The van der Waals surface area contributed by atoms with E-state index in [4.69, 9.17) is 0 Å². The Labute approximate surface area is 100 Å². The molecule has 0 atom stereocenters. The highest BCUT2D eigenvalue weighted by molar-refractivity contribution is 5.61. The van der Waals surface area contributed by atoms with E-state index in [1.165, 1.54) is 17.2 Å². The monoisotopic (exact) mass is 259 g/mol. The highest BCUT2D eigenvalue weighted by atomic mass is 19.3. The molecule has 98 valence electrons. The average molecular weight is 259 g/mol. The lowest BCUT2D eigenvalue weighted by Gasteiger charge is -2.32. The van der Waals surface area contributed by atoms with Gasteiger partial charge in [-0.05, 0) is 6.07 Å². The molecule has 2 heterocycles. The average Bonchev–Trinajstić information content (AvgIpc) is 2.28. The summed E-state index contributed by atoms with van der Waals surface area (Å²) in [6.45, 7) is -0.00537. The van der Waals surface area contributed by atoms with Crippen LogP contribution >= 0.6 is 0 Å². The van der Waals surface area contributed by atoms with E-state index in [0.29, 0.717) is 0 Å². The van der Waals surface area contributed by atoms with E-state index in [1.54, 1.807) is 0 Å². The molecule has 8 heteroatoms. The number of hydrogen-bond donors (Lipinski definition) is 1. The molecule has 6 nitrogen and oxygen atoms in total. The second-order valence-electron chi connectivity index (χ2n) is 4.14. The van der Waals surface area contributed by atoms with Gasteiger partial charge in [0.05, 0.1) is 4.92 Å². The van der Waals surface area contributed by atoms with E-state index >= 15 is 0 Å². The van der Waals surface area contributed by atoms with Crippen LogP contribution in [0.1, 0.15) is 12.8 Å². The van der Waals surface area contributed by atoms with Crippen LogP contribution in [0.2, 0.25) is 0 Å². The molecule has 1 saturated heterocycles. The van der Waals surface area contributed by atoms with Crippen molar-refractivity contribution in [2.75, 3.05) is 18.0 Å². The van der Waals surface area contributed by atoms with Gasteiger partial charge in [0.25, 0.3) is 5.92 Å². The van der Waals surface area contributed by atoms with Crippen molar-refractivity contribution in [3.8, 4) is 0 Å². The molecule has 1 aliphatic heterocycles. The fourth-order valence-corrected chi connectivity index (χ4v) is 1.97. The molecular weight excluding hydrogens is 248 g/mol. The van der Waals surface area contributed by atoms with Gasteiger partial charge in [-0.1, -0.05) is 0 Å². The van der Waals surface area contributed by atoms with Gasteiger partial charge >= 0.3 is 11.2 Å². The molecule has 0 bridgehead atoms. The number of nitrogens with one attached hydrogen (secondary N) is 1. The van der Waals surface area contributed by atoms with Gasteiger partial charge in [0.1, 0.15) is 5.69 Å². The largest absolute Gasteiger partial charge is 0.365 e. The highest BCUT2D eigenvalue weighted by Crippen LogP contribution is 2.32. The number of anilines is 1. The lowest BCUT2D eigenvalue weighted by Crippen LogP contribution is -2.40.